The number of halogens is 1. The van der Waals surface area contributed by atoms with Crippen molar-refractivity contribution in [3.8, 4) is 11.5 Å². The lowest BCUT2D eigenvalue weighted by atomic mass is 10.1. The Labute approximate surface area is 218 Å². The van der Waals surface area contributed by atoms with E-state index in [0.29, 0.717) is 19.8 Å². The van der Waals surface area contributed by atoms with Gasteiger partial charge in [-0.15, -0.1) is 12.4 Å². The lowest BCUT2D eigenvalue weighted by molar-refractivity contribution is -0.144. The number of nitrogens with one attached hydrogen (secondary N) is 2. The lowest BCUT2D eigenvalue weighted by Crippen LogP contribution is -2.56. The number of thioether (sulfide) groups is 1. The van der Waals surface area contributed by atoms with E-state index in [1.165, 1.54) is 7.11 Å². The van der Waals surface area contributed by atoms with Crippen LogP contribution >= 0.6 is 24.2 Å². The van der Waals surface area contributed by atoms with Crippen molar-refractivity contribution >= 4 is 47.9 Å². The molecule has 3 atom stereocenters. The number of amides is 2. The van der Waals surface area contributed by atoms with Crippen LogP contribution in [0.5, 0.6) is 11.5 Å². The predicted molar refractivity (Wildman–Crippen MR) is 131 cm³/mol. The molecule has 36 heavy (non-hydrogen) atoms. The Morgan fingerprint density at radius 1 is 1.28 bits per heavy atom. The maximum atomic E-state index is 13.0. The van der Waals surface area contributed by atoms with E-state index in [1.807, 2.05) is 11.8 Å². The number of esters is 2. The molecule has 0 aromatic heterocycles. The van der Waals surface area contributed by atoms with E-state index in [4.69, 9.17) is 14.2 Å². The number of carbonyl (C=O) groups is 4. The van der Waals surface area contributed by atoms with Gasteiger partial charge in [0.25, 0.3) is 0 Å². The summed E-state index contributed by atoms with van der Waals surface area (Å²) in [7, 11) is 1.18. The number of cyclic esters (lactones) is 1. The second-order valence-corrected chi connectivity index (χ2v) is 9.23. The van der Waals surface area contributed by atoms with E-state index in [9.17, 15) is 29.4 Å². The molecule has 0 radical (unpaired) electrons. The fourth-order valence-corrected chi connectivity index (χ4v) is 4.76. The van der Waals surface area contributed by atoms with Crippen LogP contribution < -0.4 is 10.6 Å². The van der Waals surface area contributed by atoms with E-state index in [0.717, 1.165) is 23.9 Å². The Morgan fingerprint density at radius 2 is 2.03 bits per heavy atom. The van der Waals surface area contributed by atoms with Crippen LogP contribution in [0.2, 0.25) is 0 Å². The first-order chi connectivity index (χ1) is 16.7. The molecule has 2 aliphatic heterocycles. The quantitative estimate of drug-likeness (QED) is 0.369. The number of nitrogens with zero attached hydrogens (tertiary/aromatic N) is 1. The van der Waals surface area contributed by atoms with Gasteiger partial charge in [-0.25, -0.2) is 9.59 Å². The first kappa shape index (κ1) is 29.5. The molecule has 12 nitrogen and oxygen atoms in total. The molecular weight excluding hydrogens is 518 g/mol. The predicted octanol–water partition coefficient (Wildman–Crippen LogP) is -0.213. The normalized spacial score (nSPS) is 23.4. The summed E-state index contributed by atoms with van der Waals surface area (Å²) in [5.41, 5.74) is 0.119. The van der Waals surface area contributed by atoms with Gasteiger partial charge in [0.05, 0.1) is 32.4 Å². The Kier molecular flexibility index (Phi) is 11.1. The van der Waals surface area contributed by atoms with Crippen LogP contribution in [0.15, 0.2) is 12.1 Å². The molecule has 0 saturated carbocycles. The van der Waals surface area contributed by atoms with Crippen molar-refractivity contribution in [1.29, 1.82) is 0 Å². The zero-order chi connectivity index (χ0) is 25.5. The maximum Gasteiger partial charge on any atom is 0.338 e. The van der Waals surface area contributed by atoms with Crippen molar-refractivity contribution in [3.05, 3.63) is 23.3 Å². The molecule has 1 aromatic rings. The SMILES string of the molecule is COC(=O)[C@@H]1CSCc2c(O)cc(O)cc2C(=O)OC[C@H](NC(=O)CN2CCOCC2C)C(=O)N1.Cl. The van der Waals surface area contributed by atoms with Crippen molar-refractivity contribution in [3.63, 3.8) is 0 Å². The van der Waals surface area contributed by atoms with Crippen LogP contribution in [-0.4, -0.2) is 103 Å². The first-order valence-electron chi connectivity index (χ1n) is 11.0. The number of aromatic hydroxyl groups is 2. The molecule has 2 heterocycles. The number of benzene rings is 1. The van der Waals surface area contributed by atoms with Crippen LogP contribution in [-0.2, 0) is 34.3 Å². The van der Waals surface area contributed by atoms with Crippen molar-refractivity contribution in [2.24, 2.45) is 0 Å². The van der Waals surface area contributed by atoms with Gasteiger partial charge < -0.3 is 35.1 Å². The number of phenolic OH excluding ortho intramolecular Hbond substituents is 2. The smallest absolute Gasteiger partial charge is 0.338 e. The number of hydrogen-bond acceptors (Lipinski definition) is 11. The molecule has 1 saturated heterocycles. The van der Waals surface area contributed by atoms with Crippen LogP contribution in [0, 0.1) is 0 Å². The summed E-state index contributed by atoms with van der Waals surface area (Å²) in [6.07, 6.45) is 0. The van der Waals surface area contributed by atoms with E-state index in [-0.39, 0.29) is 59.1 Å². The van der Waals surface area contributed by atoms with Crippen molar-refractivity contribution in [2.75, 3.05) is 45.8 Å². The fraction of sp³-hybridized carbons (Fsp3) is 0.545. The minimum Gasteiger partial charge on any atom is -0.508 e. The molecule has 1 unspecified atom stereocenters. The van der Waals surface area contributed by atoms with Gasteiger partial charge in [0.1, 0.15) is 30.2 Å². The van der Waals surface area contributed by atoms with Gasteiger partial charge in [0, 0.05) is 35.7 Å². The van der Waals surface area contributed by atoms with Gasteiger partial charge in [0.15, 0.2) is 0 Å². The molecule has 200 valence electrons. The van der Waals surface area contributed by atoms with E-state index >= 15 is 0 Å². The van der Waals surface area contributed by atoms with Crippen LogP contribution in [0.4, 0.5) is 0 Å². The highest BCUT2D eigenvalue weighted by Crippen LogP contribution is 2.31. The van der Waals surface area contributed by atoms with Crippen molar-refractivity contribution in [1.82, 2.24) is 15.5 Å². The van der Waals surface area contributed by atoms with Crippen LogP contribution in [0.3, 0.4) is 0 Å². The van der Waals surface area contributed by atoms with Gasteiger partial charge in [0.2, 0.25) is 11.8 Å². The summed E-state index contributed by atoms with van der Waals surface area (Å²) in [4.78, 5) is 52.6. The fourth-order valence-electron chi connectivity index (χ4n) is 3.68. The molecule has 14 heteroatoms. The highest BCUT2D eigenvalue weighted by molar-refractivity contribution is 7.98. The third kappa shape index (κ3) is 7.63. The number of ether oxygens (including phenoxy) is 3. The Bertz CT molecular complexity index is 980. The number of fused-ring (bicyclic) bond motifs is 1. The average Bonchev–Trinajstić information content (AvgIpc) is 2.81. The van der Waals surface area contributed by atoms with E-state index in [2.05, 4.69) is 10.6 Å². The topological polar surface area (TPSA) is 164 Å². The summed E-state index contributed by atoms with van der Waals surface area (Å²) in [6, 6.07) is -0.0966. The summed E-state index contributed by atoms with van der Waals surface area (Å²) < 4.78 is 15.4. The number of methoxy groups -OCH3 is 1. The summed E-state index contributed by atoms with van der Waals surface area (Å²) in [5, 5.41) is 25.2. The van der Waals surface area contributed by atoms with Crippen LogP contribution in [0.25, 0.3) is 0 Å². The average molecular weight is 548 g/mol. The molecular formula is C22H30ClN3O9S. The standard InChI is InChI=1S/C22H29N3O9S.ClH/c1-12-8-33-4-3-25(12)7-19(28)23-16-9-34-21(30)14-5-13(26)6-18(27)15(14)10-35-11-17(22(31)32-2)24-20(16)29;/h5-6,12,16-17,26-27H,3-4,7-11H2,1-2H3,(H,23,28)(H,24,29);1H/t12?,16-,17-;/m0./s1. The Morgan fingerprint density at radius 3 is 2.72 bits per heavy atom. The summed E-state index contributed by atoms with van der Waals surface area (Å²) in [6.45, 7) is 2.89. The highest BCUT2D eigenvalue weighted by atomic mass is 35.5. The second-order valence-electron chi connectivity index (χ2n) is 8.20. The van der Waals surface area contributed by atoms with Gasteiger partial charge in [-0.2, -0.15) is 11.8 Å². The third-order valence-corrected chi connectivity index (χ3v) is 6.71. The minimum absolute atomic E-state index is 0. The van der Waals surface area contributed by atoms with Crippen molar-refractivity contribution in [2.45, 2.75) is 30.8 Å². The van der Waals surface area contributed by atoms with Gasteiger partial charge in [-0.05, 0) is 13.0 Å². The Hall–Kier alpha value is -2.74. The largest absolute Gasteiger partial charge is 0.508 e. The minimum atomic E-state index is -1.30. The summed E-state index contributed by atoms with van der Waals surface area (Å²) >= 11 is 1.15. The number of morpholine rings is 1. The first-order valence-corrected chi connectivity index (χ1v) is 12.1. The number of hydrogen-bond donors (Lipinski definition) is 4. The van der Waals surface area contributed by atoms with Gasteiger partial charge in [-0.1, -0.05) is 0 Å². The zero-order valence-electron chi connectivity index (χ0n) is 19.9. The maximum absolute atomic E-state index is 13.0. The number of phenols is 2. The van der Waals surface area contributed by atoms with E-state index < -0.39 is 42.4 Å². The monoisotopic (exact) mass is 547 g/mol. The molecule has 2 amide bonds. The summed E-state index contributed by atoms with van der Waals surface area (Å²) in [5.74, 6) is -3.27. The van der Waals surface area contributed by atoms with Gasteiger partial charge in [-0.3, -0.25) is 14.5 Å². The molecule has 2 aliphatic rings. The second kappa shape index (κ2) is 13.5. The highest BCUT2D eigenvalue weighted by Gasteiger charge is 2.31. The third-order valence-electron chi connectivity index (χ3n) is 5.65. The van der Waals surface area contributed by atoms with Gasteiger partial charge >= 0.3 is 11.9 Å². The van der Waals surface area contributed by atoms with Crippen LogP contribution in [0.1, 0.15) is 22.8 Å². The molecule has 3 rings (SSSR count). The molecule has 4 N–H and O–H groups in total. The molecule has 0 aliphatic carbocycles. The molecule has 0 spiro atoms. The lowest BCUT2D eigenvalue weighted by Gasteiger charge is -2.33. The zero-order valence-corrected chi connectivity index (χ0v) is 21.5. The Balaban J connectivity index is 0.00000456. The number of rotatable bonds is 4. The molecule has 1 aromatic carbocycles. The number of carbonyl (C=O) groups excluding carboxylic acids is 4. The molecule has 0 bridgehead atoms. The molecule has 1 fully saturated rings. The van der Waals surface area contributed by atoms with Crippen molar-refractivity contribution < 1.29 is 43.6 Å². The van der Waals surface area contributed by atoms with E-state index in [1.54, 1.807) is 0 Å².